The van der Waals surface area contributed by atoms with Gasteiger partial charge in [-0.1, -0.05) is 13.8 Å². The lowest BCUT2D eigenvalue weighted by atomic mass is 10.1. The van der Waals surface area contributed by atoms with Gasteiger partial charge in [0, 0.05) is 39.0 Å². The maximum absolute atomic E-state index is 5.19. The van der Waals surface area contributed by atoms with Crippen molar-refractivity contribution in [3.8, 4) is 0 Å². The Morgan fingerprint density at radius 3 is 2.68 bits per heavy atom. The fourth-order valence-electron chi connectivity index (χ4n) is 2.23. The van der Waals surface area contributed by atoms with Gasteiger partial charge < -0.3 is 10.1 Å². The highest BCUT2D eigenvalue weighted by Gasteiger charge is 2.13. The number of methoxy groups -OCH3 is 1. The molecule has 5 heteroatoms. The minimum absolute atomic E-state index is 0.417. The Kier molecular flexibility index (Phi) is 5.24. The highest BCUT2D eigenvalue weighted by Crippen LogP contribution is 2.14. The average molecular weight is 264 g/mol. The molecule has 0 atom stereocenters. The van der Waals surface area contributed by atoms with Crippen LogP contribution in [0.4, 0.5) is 0 Å². The molecule has 1 N–H and O–H groups in total. The van der Waals surface area contributed by atoms with Gasteiger partial charge in [0.2, 0.25) is 0 Å². The van der Waals surface area contributed by atoms with Gasteiger partial charge in [0.05, 0.1) is 18.8 Å². The van der Waals surface area contributed by atoms with E-state index < -0.39 is 0 Å². The van der Waals surface area contributed by atoms with Crippen molar-refractivity contribution in [1.82, 2.24) is 20.2 Å². The Labute approximate surface area is 115 Å². The quantitative estimate of drug-likeness (QED) is 0.864. The van der Waals surface area contributed by atoms with Crippen molar-refractivity contribution < 1.29 is 4.74 Å². The third-order valence-electron chi connectivity index (χ3n) is 3.30. The normalized spacial score (nSPS) is 17.1. The Morgan fingerprint density at radius 1 is 1.32 bits per heavy atom. The molecule has 0 radical (unpaired) electrons. The maximum atomic E-state index is 5.19. The van der Waals surface area contributed by atoms with Gasteiger partial charge in [-0.3, -0.25) is 4.90 Å². The first-order valence-corrected chi connectivity index (χ1v) is 6.97. The molecule has 1 aliphatic rings. The van der Waals surface area contributed by atoms with Crippen molar-refractivity contribution in [3.63, 3.8) is 0 Å². The van der Waals surface area contributed by atoms with Crippen LogP contribution in [-0.4, -0.2) is 48.2 Å². The lowest BCUT2D eigenvalue weighted by molar-refractivity contribution is 0.180. The third-order valence-corrected chi connectivity index (χ3v) is 3.30. The summed E-state index contributed by atoms with van der Waals surface area (Å²) in [4.78, 5) is 11.7. The molecule has 1 aliphatic heterocycles. The number of nitrogens with zero attached hydrogens (tertiary/aromatic N) is 3. The van der Waals surface area contributed by atoms with Crippen LogP contribution in [0.25, 0.3) is 0 Å². The van der Waals surface area contributed by atoms with E-state index in [1.165, 1.54) is 0 Å². The van der Waals surface area contributed by atoms with E-state index >= 15 is 0 Å². The number of hydrogen-bond acceptors (Lipinski definition) is 5. The molecule has 5 nitrogen and oxygen atoms in total. The monoisotopic (exact) mass is 264 g/mol. The molecule has 2 heterocycles. The van der Waals surface area contributed by atoms with Gasteiger partial charge in [0.25, 0.3) is 0 Å². The average Bonchev–Trinajstić information content (AvgIpc) is 2.40. The summed E-state index contributed by atoms with van der Waals surface area (Å²) in [6.07, 6.45) is 0. The molecular formula is C14H24N4O. The number of nitrogens with one attached hydrogen (secondary N) is 1. The Balaban J connectivity index is 2.12. The van der Waals surface area contributed by atoms with Gasteiger partial charge in [0.15, 0.2) is 0 Å². The summed E-state index contributed by atoms with van der Waals surface area (Å²) in [6, 6.07) is 2.05. The summed E-state index contributed by atoms with van der Waals surface area (Å²) in [6.45, 7) is 9.93. The second-order valence-electron chi connectivity index (χ2n) is 5.31. The first kappa shape index (κ1) is 14.4. The number of ether oxygens (including phenoxy) is 1. The van der Waals surface area contributed by atoms with Crippen LogP contribution in [-0.2, 0) is 17.9 Å². The van der Waals surface area contributed by atoms with Crippen LogP contribution in [0.1, 0.15) is 37.0 Å². The molecule has 1 fully saturated rings. The highest BCUT2D eigenvalue weighted by molar-refractivity contribution is 5.14. The first-order chi connectivity index (χ1) is 9.19. The Bertz CT molecular complexity index is 402. The smallest absolute Gasteiger partial charge is 0.142 e. The zero-order valence-electron chi connectivity index (χ0n) is 12.1. The molecule has 0 aromatic carbocycles. The standard InChI is InChI=1S/C14H24N4O/c1-11(2)13-8-12(10-19-3)16-14(17-13)9-18-6-4-15-5-7-18/h8,11,15H,4-7,9-10H2,1-3H3. The zero-order valence-corrected chi connectivity index (χ0v) is 12.1. The summed E-state index contributed by atoms with van der Waals surface area (Å²) in [5.41, 5.74) is 2.08. The fourth-order valence-corrected chi connectivity index (χ4v) is 2.23. The first-order valence-electron chi connectivity index (χ1n) is 6.97. The van der Waals surface area contributed by atoms with E-state index in [0.29, 0.717) is 12.5 Å². The molecule has 0 spiro atoms. The van der Waals surface area contributed by atoms with Crippen molar-refractivity contribution in [2.45, 2.75) is 32.9 Å². The molecular weight excluding hydrogens is 240 g/mol. The van der Waals surface area contributed by atoms with Crippen LogP contribution in [0.2, 0.25) is 0 Å². The van der Waals surface area contributed by atoms with Gasteiger partial charge >= 0.3 is 0 Å². The van der Waals surface area contributed by atoms with E-state index in [-0.39, 0.29) is 0 Å². The summed E-state index contributed by atoms with van der Waals surface area (Å²) in [5.74, 6) is 1.33. The van der Waals surface area contributed by atoms with E-state index in [1.54, 1.807) is 7.11 Å². The number of rotatable bonds is 5. The second kappa shape index (κ2) is 6.93. The third kappa shape index (κ3) is 4.23. The molecule has 0 unspecified atom stereocenters. The van der Waals surface area contributed by atoms with Gasteiger partial charge in [-0.05, 0) is 12.0 Å². The summed E-state index contributed by atoms with van der Waals surface area (Å²) >= 11 is 0. The second-order valence-corrected chi connectivity index (χ2v) is 5.31. The van der Waals surface area contributed by atoms with Gasteiger partial charge in [-0.25, -0.2) is 9.97 Å². The molecule has 1 saturated heterocycles. The molecule has 0 saturated carbocycles. The predicted octanol–water partition coefficient (Wildman–Crippen LogP) is 1.15. The lowest BCUT2D eigenvalue weighted by Gasteiger charge is -2.26. The molecule has 1 aromatic rings. The van der Waals surface area contributed by atoms with Crippen molar-refractivity contribution in [3.05, 3.63) is 23.3 Å². The van der Waals surface area contributed by atoms with Crippen LogP contribution < -0.4 is 5.32 Å². The SMILES string of the molecule is COCc1cc(C(C)C)nc(CN2CCNCC2)n1. The van der Waals surface area contributed by atoms with Gasteiger partial charge in [0.1, 0.15) is 5.82 Å². The Hall–Kier alpha value is -1.04. The molecule has 19 heavy (non-hydrogen) atoms. The van der Waals surface area contributed by atoms with Crippen LogP contribution in [0.5, 0.6) is 0 Å². The van der Waals surface area contributed by atoms with Crippen LogP contribution in [0.15, 0.2) is 6.07 Å². The lowest BCUT2D eigenvalue weighted by Crippen LogP contribution is -2.43. The number of piperazine rings is 1. The van der Waals surface area contributed by atoms with Crippen molar-refractivity contribution in [1.29, 1.82) is 0 Å². The summed E-state index contributed by atoms with van der Waals surface area (Å²) in [7, 11) is 1.70. The molecule has 0 amide bonds. The maximum Gasteiger partial charge on any atom is 0.142 e. The van der Waals surface area contributed by atoms with Crippen LogP contribution >= 0.6 is 0 Å². The van der Waals surface area contributed by atoms with E-state index in [9.17, 15) is 0 Å². The molecule has 1 aromatic heterocycles. The Morgan fingerprint density at radius 2 is 2.05 bits per heavy atom. The minimum atomic E-state index is 0.417. The topological polar surface area (TPSA) is 50.3 Å². The molecule has 0 bridgehead atoms. The molecule has 106 valence electrons. The molecule has 0 aliphatic carbocycles. The van der Waals surface area contributed by atoms with Crippen LogP contribution in [0, 0.1) is 0 Å². The van der Waals surface area contributed by atoms with Crippen LogP contribution in [0.3, 0.4) is 0 Å². The minimum Gasteiger partial charge on any atom is -0.378 e. The van der Waals surface area contributed by atoms with Gasteiger partial charge in [-0.2, -0.15) is 0 Å². The van der Waals surface area contributed by atoms with E-state index in [0.717, 1.165) is 49.9 Å². The molecule has 2 rings (SSSR count). The van der Waals surface area contributed by atoms with Gasteiger partial charge in [-0.15, -0.1) is 0 Å². The summed E-state index contributed by atoms with van der Waals surface area (Å²) < 4.78 is 5.19. The largest absolute Gasteiger partial charge is 0.378 e. The number of hydrogen-bond donors (Lipinski definition) is 1. The summed E-state index contributed by atoms with van der Waals surface area (Å²) in [5, 5.41) is 3.36. The van der Waals surface area contributed by atoms with Crippen molar-refractivity contribution >= 4 is 0 Å². The van der Waals surface area contributed by atoms with Crippen molar-refractivity contribution in [2.75, 3.05) is 33.3 Å². The van der Waals surface area contributed by atoms with E-state index in [2.05, 4.69) is 40.1 Å². The van der Waals surface area contributed by atoms with E-state index in [1.807, 2.05) is 0 Å². The number of aromatic nitrogens is 2. The van der Waals surface area contributed by atoms with Crippen molar-refractivity contribution in [2.24, 2.45) is 0 Å². The van der Waals surface area contributed by atoms with E-state index in [4.69, 9.17) is 4.74 Å². The fraction of sp³-hybridized carbons (Fsp3) is 0.714. The zero-order chi connectivity index (χ0) is 13.7. The predicted molar refractivity (Wildman–Crippen MR) is 75.0 cm³/mol. The highest BCUT2D eigenvalue weighted by atomic mass is 16.5.